The molecule has 0 spiro atoms. The Hall–Kier alpha value is -4.67. The molecule has 11 nitrogen and oxygen atoms in total. The SMILES string of the molecule is COc1cc([C@H]2C3=CC[C@@H]4C(=O)N(CCC(=O)O)C(=O)[C@@H]4[C@@H]3C[C@H]3C(=O)N(c4ccccc4)C(=O)[C@@]23C)cc(OC)c1O. The number of fused-ring (bicyclic) bond motifs is 4. The van der Waals surface area contributed by atoms with Crippen molar-refractivity contribution < 1.29 is 43.7 Å². The molecule has 43 heavy (non-hydrogen) atoms. The van der Waals surface area contributed by atoms with Crippen LogP contribution < -0.4 is 14.4 Å². The maximum Gasteiger partial charge on any atom is 0.305 e. The van der Waals surface area contributed by atoms with Crippen LogP contribution in [0.15, 0.2) is 54.1 Å². The zero-order valence-corrected chi connectivity index (χ0v) is 24.0. The predicted molar refractivity (Wildman–Crippen MR) is 151 cm³/mol. The van der Waals surface area contributed by atoms with Crippen molar-refractivity contribution in [1.29, 1.82) is 0 Å². The van der Waals surface area contributed by atoms with Crippen molar-refractivity contribution in [3.05, 3.63) is 59.7 Å². The first-order valence-corrected chi connectivity index (χ1v) is 14.2. The molecule has 2 aliphatic carbocycles. The number of aliphatic carboxylic acids is 1. The molecule has 2 saturated heterocycles. The summed E-state index contributed by atoms with van der Waals surface area (Å²) in [6.07, 6.45) is 1.95. The van der Waals surface area contributed by atoms with Crippen LogP contribution in [0.5, 0.6) is 17.2 Å². The quantitative estimate of drug-likeness (QED) is 0.367. The van der Waals surface area contributed by atoms with E-state index in [2.05, 4.69) is 0 Å². The number of phenols is 1. The molecule has 224 valence electrons. The summed E-state index contributed by atoms with van der Waals surface area (Å²) in [5, 5.41) is 19.9. The Labute approximate surface area is 247 Å². The third kappa shape index (κ3) is 4.04. The lowest BCUT2D eigenvalue weighted by Crippen LogP contribution is -2.48. The molecule has 3 fully saturated rings. The van der Waals surface area contributed by atoms with Gasteiger partial charge >= 0.3 is 5.97 Å². The van der Waals surface area contributed by atoms with E-state index in [4.69, 9.17) is 9.47 Å². The molecule has 1 saturated carbocycles. The summed E-state index contributed by atoms with van der Waals surface area (Å²) in [7, 11) is 2.79. The molecule has 11 heteroatoms. The van der Waals surface area contributed by atoms with Crippen LogP contribution in [-0.2, 0) is 24.0 Å². The first-order chi connectivity index (χ1) is 20.5. The van der Waals surface area contributed by atoms with Crippen LogP contribution in [0.1, 0.15) is 37.7 Å². The average Bonchev–Trinajstić information content (AvgIpc) is 3.35. The number of aromatic hydroxyl groups is 1. The summed E-state index contributed by atoms with van der Waals surface area (Å²) in [6.45, 7) is 1.54. The molecule has 2 heterocycles. The van der Waals surface area contributed by atoms with Crippen LogP contribution in [0.25, 0.3) is 0 Å². The molecule has 0 radical (unpaired) electrons. The van der Waals surface area contributed by atoms with E-state index in [-0.39, 0.29) is 54.9 Å². The van der Waals surface area contributed by atoms with E-state index in [9.17, 15) is 34.2 Å². The number of ether oxygens (including phenoxy) is 2. The molecular formula is C32H32N2O9. The van der Waals surface area contributed by atoms with Crippen molar-refractivity contribution in [1.82, 2.24) is 4.90 Å². The highest BCUT2D eigenvalue weighted by molar-refractivity contribution is 6.24. The van der Waals surface area contributed by atoms with Gasteiger partial charge in [0.25, 0.3) is 0 Å². The van der Waals surface area contributed by atoms with Crippen LogP contribution >= 0.6 is 0 Å². The van der Waals surface area contributed by atoms with Crippen LogP contribution in [0, 0.1) is 29.1 Å². The number of anilines is 1. The van der Waals surface area contributed by atoms with Crippen molar-refractivity contribution in [2.75, 3.05) is 25.7 Å². The van der Waals surface area contributed by atoms with Crippen LogP contribution in [0.4, 0.5) is 5.69 Å². The van der Waals surface area contributed by atoms with Crippen LogP contribution in [0.2, 0.25) is 0 Å². The molecule has 4 aliphatic rings. The smallest absolute Gasteiger partial charge is 0.305 e. The summed E-state index contributed by atoms with van der Waals surface area (Å²) in [5.74, 6) is -6.30. The van der Waals surface area contributed by atoms with E-state index < -0.39 is 52.8 Å². The topological polar surface area (TPSA) is 151 Å². The minimum Gasteiger partial charge on any atom is -0.502 e. The highest BCUT2D eigenvalue weighted by atomic mass is 16.5. The highest BCUT2D eigenvalue weighted by Gasteiger charge is 2.67. The summed E-state index contributed by atoms with van der Waals surface area (Å²) in [4.78, 5) is 69.2. The molecule has 0 aromatic heterocycles. The number of imide groups is 2. The van der Waals surface area contributed by atoms with Gasteiger partial charge in [-0.15, -0.1) is 0 Å². The maximum atomic E-state index is 14.4. The summed E-state index contributed by atoms with van der Waals surface area (Å²) in [6, 6.07) is 11.9. The first kappa shape index (κ1) is 28.4. The molecule has 4 amide bonds. The number of hydrogen-bond donors (Lipinski definition) is 2. The number of rotatable bonds is 7. The number of allylic oxidation sites excluding steroid dienone is 2. The molecule has 2 aromatic carbocycles. The van der Waals surface area contributed by atoms with E-state index in [0.717, 1.165) is 10.5 Å². The lowest BCUT2D eigenvalue weighted by atomic mass is 9.51. The fraction of sp³-hybridized carbons (Fsp3) is 0.406. The molecule has 2 aliphatic heterocycles. The molecule has 6 atom stereocenters. The number of carbonyl (C=O) groups excluding carboxylic acids is 4. The van der Waals surface area contributed by atoms with E-state index >= 15 is 0 Å². The van der Waals surface area contributed by atoms with Gasteiger partial charge in [-0.3, -0.25) is 28.9 Å². The number of amides is 4. The van der Waals surface area contributed by atoms with Crippen molar-refractivity contribution in [2.45, 2.75) is 32.1 Å². The van der Waals surface area contributed by atoms with Gasteiger partial charge in [0.15, 0.2) is 11.5 Å². The fourth-order valence-corrected chi connectivity index (χ4v) is 7.79. The number of likely N-dealkylation sites (tertiary alicyclic amines) is 1. The van der Waals surface area contributed by atoms with Gasteiger partial charge in [-0.25, -0.2) is 4.90 Å². The van der Waals surface area contributed by atoms with E-state index in [0.29, 0.717) is 11.3 Å². The normalized spacial score (nSPS) is 29.7. The Morgan fingerprint density at radius 2 is 1.63 bits per heavy atom. The number of carboxylic acid groups (broad SMARTS) is 1. The Morgan fingerprint density at radius 1 is 0.977 bits per heavy atom. The molecule has 2 aromatic rings. The minimum absolute atomic E-state index is 0.120. The van der Waals surface area contributed by atoms with Crippen molar-refractivity contribution in [3.8, 4) is 17.2 Å². The van der Waals surface area contributed by atoms with Gasteiger partial charge in [0.1, 0.15) is 0 Å². The largest absolute Gasteiger partial charge is 0.502 e. The number of phenolic OH excluding ortho intramolecular Hbond substituents is 1. The Bertz CT molecular complexity index is 1560. The number of carboxylic acids is 1. The number of para-hydroxylation sites is 1. The molecule has 2 N–H and O–H groups in total. The molecular weight excluding hydrogens is 556 g/mol. The predicted octanol–water partition coefficient (Wildman–Crippen LogP) is 3.11. The number of nitrogens with zero attached hydrogens (tertiary/aromatic N) is 2. The van der Waals surface area contributed by atoms with Crippen LogP contribution in [0.3, 0.4) is 0 Å². The second-order valence-electron chi connectivity index (χ2n) is 11.7. The zero-order valence-electron chi connectivity index (χ0n) is 24.0. The minimum atomic E-state index is -1.27. The summed E-state index contributed by atoms with van der Waals surface area (Å²) >= 11 is 0. The third-order valence-electron chi connectivity index (χ3n) is 9.77. The van der Waals surface area contributed by atoms with Gasteiger partial charge in [-0.2, -0.15) is 0 Å². The van der Waals surface area contributed by atoms with E-state index in [1.165, 1.54) is 19.1 Å². The standard InChI is InChI=1S/C32H32N2O9/c1-32-21(29(39)34(31(32)41)17-7-5-4-6-8-17)15-20-18(26(32)16-13-22(42-2)27(37)23(14-16)43-3)9-10-19-25(20)30(40)33(28(19)38)12-11-24(35)36/h4-9,13-14,19-21,25-26,37H,10-12,15H2,1-3H3,(H,35,36)/t19-,20+,21-,25-,26-,32+/m0/s1. The van der Waals surface area contributed by atoms with Crippen molar-refractivity contribution in [3.63, 3.8) is 0 Å². The van der Waals surface area contributed by atoms with Gasteiger partial charge in [-0.05, 0) is 55.5 Å². The lowest BCUT2D eigenvalue weighted by molar-refractivity contribution is -0.142. The van der Waals surface area contributed by atoms with Crippen LogP contribution in [-0.4, -0.2) is 65.5 Å². The lowest BCUT2D eigenvalue weighted by Gasteiger charge is -2.49. The molecule has 0 bridgehead atoms. The van der Waals surface area contributed by atoms with Gasteiger partial charge < -0.3 is 19.7 Å². The second-order valence-corrected chi connectivity index (χ2v) is 11.7. The van der Waals surface area contributed by atoms with Gasteiger partial charge in [0.2, 0.25) is 29.4 Å². The first-order valence-electron chi connectivity index (χ1n) is 14.2. The number of benzene rings is 2. The fourth-order valence-electron chi connectivity index (χ4n) is 7.79. The highest BCUT2D eigenvalue weighted by Crippen LogP contribution is 2.64. The maximum absolute atomic E-state index is 14.4. The van der Waals surface area contributed by atoms with Gasteiger partial charge in [-0.1, -0.05) is 29.8 Å². The van der Waals surface area contributed by atoms with E-state index in [1.54, 1.807) is 49.4 Å². The Balaban J connectivity index is 1.52. The second kappa shape index (κ2) is 10.3. The summed E-state index contributed by atoms with van der Waals surface area (Å²) < 4.78 is 10.9. The molecule has 0 unspecified atom stereocenters. The summed E-state index contributed by atoms with van der Waals surface area (Å²) in [5.41, 5.74) is 0.481. The number of methoxy groups -OCH3 is 2. The number of carbonyl (C=O) groups is 5. The van der Waals surface area contributed by atoms with Gasteiger partial charge in [0.05, 0.1) is 49.5 Å². The van der Waals surface area contributed by atoms with Crippen molar-refractivity contribution in [2.24, 2.45) is 29.1 Å². The zero-order chi connectivity index (χ0) is 30.8. The molecule has 6 rings (SSSR count). The number of hydrogen-bond acceptors (Lipinski definition) is 8. The average molecular weight is 589 g/mol. The third-order valence-corrected chi connectivity index (χ3v) is 9.77. The Morgan fingerprint density at radius 3 is 2.23 bits per heavy atom. The monoisotopic (exact) mass is 588 g/mol. The van der Waals surface area contributed by atoms with Crippen molar-refractivity contribution >= 4 is 35.3 Å². The van der Waals surface area contributed by atoms with Gasteiger partial charge in [0, 0.05) is 12.5 Å². The van der Waals surface area contributed by atoms with E-state index in [1.807, 2.05) is 6.08 Å². The Kier molecular flexibility index (Phi) is 6.78.